The summed E-state index contributed by atoms with van der Waals surface area (Å²) in [6.45, 7) is 5.82. The first-order valence-corrected chi connectivity index (χ1v) is 8.85. The van der Waals surface area contributed by atoms with Gasteiger partial charge >= 0.3 is 0 Å². The third-order valence-corrected chi connectivity index (χ3v) is 5.39. The molecule has 1 aromatic heterocycles. The van der Waals surface area contributed by atoms with Crippen LogP contribution in [0.4, 0.5) is 0 Å². The van der Waals surface area contributed by atoms with Crippen molar-refractivity contribution in [2.24, 2.45) is 5.92 Å². The van der Waals surface area contributed by atoms with Gasteiger partial charge in [0.2, 0.25) is 0 Å². The number of hydrogen-bond acceptors (Lipinski definition) is 5. The molecule has 0 aliphatic carbocycles. The van der Waals surface area contributed by atoms with Gasteiger partial charge in [0, 0.05) is 5.56 Å². The van der Waals surface area contributed by atoms with E-state index in [1.807, 2.05) is 45.0 Å². The van der Waals surface area contributed by atoms with Gasteiger partial charge in [0.05, 0.1) is 25.5 Å². The van der Waals surface area contributed by atoms with E-state index in [4.69, 9.17) is 4.74 Å². The van der Waals surface area contributed by atoms with Gasteiger partial charge in [-0.1, -0.05) is 20.3 Å². The predicted molar refractivity (Wildman–Crippen MR) is 96.6 cm³/mol. The summed E-state index contributed by atoms with van der Waals surface area (Å²) < 4.78 is 5.16. The first kappa shape index (κ1) is 18.4. The molecular weight excluding hydrogens is 324 g/mol. The molecule has 6 heteroatoms. The van der Waals surface area contributed by atoms with Crippen LogP contribution in [-0.4, -0.2) is 35.8 Å². The minimum absolute atomic E-state index is 0.0655. The summed E-state index contributed by atoms with van der Waals surface area (Å²) in [6.07, 6.45) is 0.893. The van der Waals surface area contributed by atoms with Gasteiger partial charge in [0.25, 0.3) is 5.91 Å². The third kappa shape index (κ3) is 4.13. The largest absolute Gasteiger partial charge is 0.497 e. The molecule has 2 N–H and O–H groups in total. The van der Waals surface area contributed by atoms with Crippen LogP contribution in [0, 0.1) is 12.8 Å². The maximum absolute atomic E-state index is 12.5. The van der Waals surface area contributed by atoms with Crippen molar-refractivity contribution in [1.29, 1.82) is 0 Å². The number of thiazole rings is 1. The van der Waals surface area contributed by atoms with Crippen LogP contribution < -0.4 is 10.1 Å². The molecule has 0 saturated carbocycles. The number of aromatic nitrogens is 1. The highest BCUT2D eigenvalue weighted by molar-refractivity contribution is 7.17. The highest BCUT2D eigenvalue weighted by Gasteiger charge is 2.22. The molecule has 24 heavy (non-hydrogen) atoms. The first-order chi connectivity index (χ1) is 11.5. The lowest BCUT2D eigenvalue weighted by molar-refractivity contribution is 0.0894. The van der Waals surface area contributed by atoms with Gasteiger partial charge in [-0.05, 0) is 37.1 Å². The quantitative estimate of drug-likeness (QED) is 0.806. The number of nitrogens with one attached hydrogen (secondary N) is 1. The van der Waals surface area contributed by atoms with Crippen molar-refractivity contribution in [3.05, 3.63) is 34.8 Å². The fourth-order valence-corrected chi connectivity index (χ4v) is 3.33. The maximum atomic E-state index is 12.5. The SMILES string of the molecule is CC[C@@H](C)[C@H](CO)NC(=O)c1sc(-c2ccc(OC)cc2)nc1C. The van der Waals surface area contributed by atoms with Crippen LogP contribution >= 0.6 is 11.3 Å². The molecule has 5 nitrogen and oxygen atoms in total. The van der Waals surface area contributed by atoms with Gasteiger partial charge in [0.1, 0.15) is 15.6 Å². The fourth-order valence-electron chi connectivity index (χ4n) is 2.35. The highest BCUT2D eigenvalue weighted by Crippen LogP contribution is 2.29. The van der Waals surface area contributed by atoms with Gasteiger partial charge < -0.3 is 15.2 Å². The van der Waals surface area contributed by atoms with E-state index >= 15 is 0 Å². The molecule has 0 unspecified atom stereocenters. The van der Waals surface area contributed by atoms with Crippen LogP contribution in [0.15, 0.2) is 24.3 Å². The lowest BCUT2D eigenvalue weighted by atomic mass is 10.00. The van der Waals surface area contributed by atoms with Crippen molar-refractivity contribution >= 4 is 17.2 Å². The molecule has 0 bridgehead atoms. The van der Waals surface area contributed by atoms with E-state index in [2.05, 4.69) is 10.3 Å². The number of rotatable bonds is 7. The average molecular weight is 348 g/mol. The summed E-state index contributed by atoms with van der Waals surface area (Å²) >= 11 is 1.36. The average Bonchev–Trinajstić information content (AvgIpc) is 3.00. The summed E-state index contributed by atoms with van der Waals surface area (Å²) in [5, 5.41) is 13.2. The summed E-state index contributed by atoms with van der Waals surface area (Å²) in [6, 6.07) is 7.35. The van der Waals surface area contributed by atoms with Crippen molar-refractivity contribution < 1.29 is 14.6 Å². The number of ether oxygens (including phenoxy) is 1. The van der Waals surface area contributed by atoms with Gasteiger partial charge in [-0.25, -0.2) is 4.98 Å². The van der Waals surface area contributed by atoms with Gasteiger partial charge in [-0.2, -0.15) is 0 Å². The molecule has 0 aliphatic rings. The Balaban J connectivity index is 2.19. The number of benzene rings is 1. The molecule has 0 saturated heterocycles. The zero-order chi connectivity index (χ0) is 17.7. The second-order valence-corrected chi connectivity index (χ2v) is 6.81. The van der Waals surface area contributed by atoms with Crippen molar-refractivity contribution in [3.63, 3.8) is 0 Å². The van der Waals surface area contributed by atoms with Crippen LogP contribution in [0.2, 0.25) is 0 Å². The van der Waals surface area contributed by atoms with Crippen LogP contribution in [0.3, 0.4) is 0 Å². The molecule has 0 spiro atoms. The Hall–Kier alpha value is -1.92. The van der Waals surface area contributed by atoms with Crippen molar-refractivity contribution in [2.45, 2.75) is 33.2 Å². The van der Waals surface area contributed by atoms with Crippen LogP contribution in [0.5, 0.6) is 5.75 Å². The third-order valence-electron chi connectivity index (χ3n) is 4.18. The monoisotopic (exact) mass is 348 g/mol. The van der Waals surface area contributed by atoms with E-state index in [0.29, 0.717) is 10.6 Å². The molecule has 0 fully saturated rings. The molecule has 1 amide bonds. The van der Waals surface area contributed by atoms with Gasteiger partial charge in [0.15, 0.2) is 0 Å². The topological polar surface area (TPSA) is 71.5 Å². The summed E-state index contributed by atoms with van der Waals surface area (Å²) in [7, 11) is 1.62. The molecule has 1 heterocycles. The van der Waals surface area contributed by atoms with E-state index in [0.717, 1.165) is 22.7 Å². The lowest BCUT2D eigenvalue weighted by Crippen LogP contribution is -2.41. The van der Waals surface area contributed by atoms with E-state index < -0.39 is 0 Å². The number of hydrogen-bond donors (Lipinski definition) is 2. The second-order valence-electron chi connectivity index (χ2n) is 5.81. The Morgan fingerprint density at radius 2 is 2.04 bits per heavy atom. The van der Waals surface area contributed by atoms with Crippen LogP contribution in [0.25, 0.3) is 10.6 Å². The van der Waals surface area contributed by atoms with Crippen molar-refractivity contribution in [1.82, 2.24) is 10.3 Å². The molecule has 0 aliphatic heterocycles. The Labute approximate surface area is 146 Å². The summed E-state index contributed by atoms with van der Waals surface area (Å²) in [5.41, 5.74) is 1.65. The Morgan fingerprint density at radius 3 is 2.58 bits per heavy atom. The molecule has 2 atom stereocenters. The predicted octanol–water partition coefficient (Wildman–Crippen LogP) is 3.26. The number of nitrogens with zero attached hydrogens (tertiary/aromatic N) is 1. The molecule has 2 aromatic rings. The van der Waals surface area contributed by atoms with Crippen molar-refractivity contribution in [2.75, 3.05) is 13.7 Å². The minimum Gasteiger partial charge on any atom is -0.497 e. The first-order valence-electron chi connectivity index (χ1n) is 8.03. The van der Waals surface area contributed by atoms with Gasteiger partial charge in [-0.3, -0.25) is 4.79 Å². The number of amides is 1. The minimum atomic E-state index is -0.242. The number of methoxy groups -OCH3 is 1. The normalized spacial score (nSPS) is 13.4. The Kier molecular flexibility index (Phi) is 6.34. The lowest BCUT2D eigenvalue weighted by Gasteiger charge is -2.21. The molecule has 0 radical (unpaired) electrons. The number of aliphatic hydroxyl groups excluding tert-OH is 1. The summed E-state index contributed by atoms with van der Waals surface area (Å²) in [4.78, 5) is 17.6. The molecule has 1 aromatic carbocycles. The highest BCUT2D eigenvalue weighted by atomic mass is 32.1. The van der Waals surface area contributed by atoms with Crippen LogP contribution in [0.1, 0.15) is 35.6 Å². The Morgan fingerprint density at radius 1 is 1.38 bits per heavy atom. The van der Waals surface area contributed by atoms with Crippen molar-refractivity contribution in [3.8, 4) is 16.3 Å². The fraction of sp³-hybridized carbons (Fsp3) is 0.444. The van der Waals surface area contributed by atoms with E-state index in [-0.39, 0.29) is 24.5 Å². The summed E-state index contributed by atoms with van der Waals surface area (Å²) in [5.74, 6) is 0.821. The van der Waals surface area contributed by atoms with Crippen LogP contribution in [-0.2, 0) is 0 Å². The molecular formula is C18H24N2O3S. The standard InChI is InChI=1S/C18H24N2O3S/c1-5-11(2)15(10-21)20-17(22)16-12(3)19-18(24-16)13-6-8-14(23-4)9-7-13/h6-9,11,15,21H,5,10H2,1-4H3,(H,20,22)/t11-,15+/m1/s1. The zero-order valence-electron chi connectivity index (χ0n) is 14.5. The number of carbonyl (C=O) groups excluding carboxylic acids is 1. The van der Waals surface area contributed by atoms with Gasteiger partial charge in [-0.15, -0.1) is 11.3 Å². The second kappa shape index (κ2) is 8.26. The number of aryl methyl sites for hydroxylation is 1. The maximum Gasteiger partial charge on any atom is 0.263 e. The van der Waals surface area contributed by atoms with E-state index in [1.165, 1.54) is 11.3 Å². The molecule has 130 valence electrons. The number of carbonyl (C=O) groups is 1. The molecule has 2 rings (SSSR count). The van der Waals surface area contributed by atoms with E-state index in [1.54, 1.807) is 7.11 Å². The van der Waals surface area contributed by atoms with E-state index in [9.17, 15) is 9.90 Å². The Bertz CT molecular complexity index is 682. The smallest absolute Gasteiger partial charge is 0.263 e. The zero-order valence-corrected chi connectivity index (χ0v) is 15.3. The number of aliphatic hydroxyl groups is 1.